The lowest BCUT2D eigenvalue weighted by Gasteiger charge is -2.05. The highest BCUT2D eigenvalue weighted by molar-refractivity contribution is 7.87. The SMILES string of the molecule is CCCCCC(=O)OS(=O)(=O)c1ccccc1.O. The standard InChI is InChI=1S/C12H16O4S.H2O/c1-2-3-5-10-12(13)16-17(14,15)11-8-6-4-7-9-11;/h4,6-9H,2-3,5,10H2,1H3;1H2. The Morgan fingerprint density at radius 1 is 1.17 bits per heavy atom. The van der Waals surface area contributed by atoms with Gasteiger partial charge < -0.3 is 9.66 Å². The molecular weight excluding hydrogens is 256 g/mol. The van der Waals surface area contributed by atoms with Crippen molar-refractivity contribution in [3.05, 3.63) is 30.3 Å². The van der Waals surface area contributed by atoms with Gasteiger partial charge in [0, 0.05) is 6.42 Å². The molecule has 0 aromatic heterocycles. The first kappa shape index (κ1) is 16.6. The van der Waals surface area contributed by atoms with E-state index in [1.54, 1.807) is 18.2 Å². The maximum atomic E-state index is 11.6. The number of unbranched alkanes of at least 4 members (excludes halogenated alkanes) is 2. The molecule has 18 heavy (non-hydrogen) atoms. The monoisotopic (exact) mass is 274 g/mol. The van der Waals surface area contributed by atoms with Crippen molar-refractivity contribution in [2.45, 2.75) is 37.5 Å². The maximum Gasteiger partial charge on any atom is 0.341 e. The second-order valence-corrected chi connectivity index (χ2v) is 5.23. The van der Waals surface area contributed by atoms with E-state index in [1.165, 1.54) is 12.1 Å². The summed E-state index contributed by atoms with van der Waals surface area (Å²) in [7, 11) is -3.95. The predicted molar refractivity (Wildman–Crippen MR) is 67.5 cm³/mol. The summed E-state index contributed by atoms with van der Waals surface area (Å²) in [4.78, 5) is 11.3. The van der Waals surface area contributed by atoms with Crippen LogP contribution in [0.1, 0.15) is 32.6 Å². The highest BCUT2D eigenvalue weighted by Gasteiger charge is 2.19. The van der Waals surface area contributed by atoms with Crippen LogP contribution in [0.15, 0.2) is 35.2 Å². The van der Waals surface area contributed by atoms with E-state index in [9.17, 15) is 13.2 Å². The number of hydrogen-bond donors (Lipinski definition) is 0. The first-order valence-corrected chi connectivity index (χ1v) is 6.99. The average Bonchev–Trinajstić information content (AvgIpc) is 2.30. The first-order valence-electron chi connectivity index (χ1n) is 5.58. The van der Waals surface area contributed by atoms with Gasteiger partial charge in [-0.15, -0.1) is 0 Å². The zero-order valence-electron chi connectivity index (χ0n) is 10.3. The normalized spacial score (nSPS) is 10.5. The second-order valence-electron chi connectivity index (χ2n) is 3.68. The molecule has 0 spiro atoms. The van der Waals surface area contributed by atoms with Crippen LogP contribution < -0.4 is 0 Å². The third kappa shape index (κ3) is 5.29. The van der Waals surface area contributed by atoms with Crippen LogP contribution in [0.5, 0.6) is 0 Å². The summed E-state index contributed by atoms with van der Waals surface area (Å²) in [6.07, 6.45) is 2.65. The molecule has 1 aromatic rings. The van der Waals surface area contributed by atoms with Gasteiger partial charge in [-0.3, -0.25) is 4.79 Å². The van der Waals surface area contributed by atoms with Gasteiger partial charge in [-0.25, -0.2) is 0 Å². The molecule has 0 heterocycles. The van der Waals surface area contributed by atoms with Gasteiger partial charge in [-0.05, 0) is 18.6 Å². The lowest BCUT2D eigenvalue weighted by molar-refractivity contribution is -0.133. The molecule has 0 radical (unpaired) electrons. The molecule has 0 saturated carbocycles. The summed E-state index contributed by atoms with van der Waals surface area (Å²) in [5.41, 5.74) is 0. The van der Waals surface area contributed by atoms with E-state index in [1.807, 2.05) is 6.92 Å². The Morgan fingerprint density at radius 2 is 1.78 bits per heavy atom. The number of benzene rings is 1. The Kier molecular flexibility index (Phi) is 7.23. The smallest absolute Gasteiger partial charge is 0.341 e. The predicted octanol–water partition coefficient (Wildman–Crippen LogP) is 1.67. The molecule has 0 saturated heterocycles. The van der Waals surface area contributed by atoms with E-state index in [-0.39, 0.29) is 16.8 Å². The molecule has 0 unspecified atom stereocenters. The van der Waals surface area contributed by atoms with Gasteiger partial charge in [0.25, 0.3) is 0 Å². The highest BCUT2D eigenvalue weighted by atomic mass is 32.2. The Morgan fingerprint density at radius 3 is 2.33 bits per heavy atom. The number of hydrogen-bond acceptors (Lipinski definition) is 4. The topological polar surface area (TPSA) is 91.9 Å². The van der Waals surface area contributed by atoms with E-state index >= 15 is 0 Å². The van der Waals surface area contributed by atoms with Crippen LogP contribution in [0.4, 0.5) is 0 Å². The van der Waals surface area contributed by atoms with Gasteiger partial charge >= 0.3 is 16.1 Å². The molecular formula is C12H18O5S. The third-order valence-electron chi connectivity index (χ3n) is 2.22. The molecule has 102 valence electrons. The van der Waals surface area contributed by atoms with Gasteiger partial charge in [0.05, 0.1) is 0 Å². The Balaban J connectivity index is 0.00000289. The van der Waals surface area contributed by atoms with Gasteiger partial charge in [-0.1, -0.05) is 38.0 Å². The molecule has 0 aliphatic rings. The van der Waals surface area contributed by atoms with Crippen LogP contribution in [0.2, 0.25) is 0 Å². The number of carbonyl (C=O) groups excluding carboxylic acids is 1. The molecule has 1 rings (SSSR count). The van der Waals surface area contributed by atoms with E-state index in [0.29, 0.717) is 6.42 Å². The van der Waals surface area contributed by atoms with Crippen molar-refractivity contribution in [2.24, 2.45) is 0 Å². The van der Waals surface area contributed by atoms with Crippen molar-refractivity contribution >= 4 is 16.1 Å². The molecule has 0 bridgehead atoms. The summed E-state index contributed by atoms with van der Waals surface area (Å²) in [5.74, 6) is -0.692. The van der Waals surface area contributed by atoms with E-state index in [0.717, 1.165) is 12.8 Å². The van der Waals surface area contributed by atoms with Crippen LogP contribution in [0.25, 0.3) is 0 Å². The molecule has 5 nitrogen and oxygen atoms in total. The lowest BCUT2D eigenvalue weighted by Crippen LogP contribution is -2.13. The fraction of sp³-hybridized carbons (Fsp3) is 0.417. The van der Waals surface area contributed by atoms with E-state index in [2.05, 4.69) is 4.18 Å². The largest absolute Gasteiger partial charge is 0.412 e. The van der Waals surface area contributed by atoms with Crippen molar-refractivity contribution in [2.75, 3.05) is 0 Å². The van der Waals surface area contributed by atoms with E-state index in [4.69, 9.17) is 0 Å². The minimum Gasteiger partial charge on any atom is -0.412 e. The van der Waals surface area contributed by atoms with Crippen LogP contribution in [0, 0.1) is 0 Å². The fourth-order valence-electron chi connectivity index (χ4n) is 1.32. The summed E-state index contributed by atoms with van der Waals surface area (Å²) in [6.45, 7) is 2.01. The molecule has 0 aliphatic carbocycles. The minimum atomic E-state index is -3.95. The maximum absolute atomic E-state index is 11.6. The number of rotatable bonds is 6. The van der Waals surface area contributed by atoms with Crippen LogP contribution in [-0.2, 0) is 19.1 Å². The lowest BCUT2D eigenvalue weighted by atomic mass is 10.2. The Hall–Kier alpha value is -1.40. The summed E-state index contributed by atoms with van der Waals surface area (Å²) >= 11 is 0. The van der Waals surface area contributed by atoms with Crippen molar-refractivity contribution in [1.29, 1.82) is 0 Å². The van der Waals surface area contributed by atoms with Crippen molar-refractivity contribution in [3.63, 3.8) is 0 Å². The molecule has 0 fully saturated rings. The minimum absolute atomic E-state index is 0. The van der Waals surface area contributed by atoms with Gasteiger partial charge in [0.1, 0.15) is 4.90 Å². The van der Waals surface area contributed by atoms with Crippen LogP contribution in [-0.4, -0.2) is 19.9 Å². The van der Waals surface area contributed by atoms with Crippen molar-refractivity contribution in [1.82, 2.24) is 0 Å². The molecule has 2 N–H and O–H groups in total. The Bertz CT molecular complexity index is 453. The second kappa shape index (κ2) is 7.84. The summed E-state index contributed by atoms with van der Waals surface area (Å²) in [6, 6.07) is 7.65. The summed E-state index contributed by atoms with van der Waals surface area (Å²) < 4.78 is 27.8. The molecule has 1 aromatic carbocycles. The fourth-order valence-corrected chi connectivity index (χ4v) is 2.23. The molecule has 0 aliphatic heterocycles. The van der Waals surface area contributed by atoms with Gasteiger partial charge in [0.2, 0.25) is 0 Å². The molecule has 6 heteroatoms. The Labute approximate surface area is 107 Å². The zero-order valence-corrected chi connectivity index (χ0v) is 11.1. The van der Waals surface area contributed by atoms with Crippen molar-refractivity contribution < 1.29 is 22.9 Å². The summed E-state index contributed by atoms with van der Waals surface area (Å²) in [5, 5.41) is 0. The average molecular weight is 274 g/mol. The van der Waals surface area contributed by atoms with Gasteiger partial charge in [0.15, 0.2) is 0 Å². The van der Waals surface area contributed by atoms with E-state index < -0.39 is 16.1 Å². The molecule has 0 amide bonds. The number of carbonyl (C=O) groups is 1. The zero-order chi connectivity index (χ0) is 12.7. The van der Waals surface area contributed by atoms with Gasteiger partial charge in [-0.2, -0.15) is 8.42 Å². The first-order chi connectivity index (χ1) is 8.06. The third-order valence-corrected chi connectivity index (χ3v) is 3.47. The van der Waals surface area contributed by atoms with Crippen molar-refractivity contribution in [3.8, 4) is 0 Å². The van der Waals surface area contributed by atoms with Crippen LogP contribution in [0.3, 0.4) is 0 Å². The highest BCUT2D eigenvalue weighted by Crippen LogP contribution is 2.13. The quantitative estimate of drug-likeness (QED) is 0.582. The molecule has 0 atom stereocenters. The van der Waals surface area contributed by atoms with Crippen LogP contribution >= 0.6 is 0 Å².